The van der Waals surface area contributed by atoms with Crippen LogP contribution in [-0.2, 0) is 17.7 Å². The highest BCUT2D eigenvalue weighted by molar-refractivity contribution is 6.10. The van der Waals surface area contributed by atoms with Gasteiger partial charge in [0.05, 0.1) is 35.3 Å². The molecular weight excluding hydrogens is 434 g/mol. The van der Waals surface area contributed by atoms with Crippen LogP contribution in [0, 0.1) is 6.92 Å². The molecule has 10 nitrogen and oxygen atoms in total. The summed E-state index contributed by atoms with van der Waals surface area (Å²) in [5.74, 6) is 1.97. The molecule has 0 bridgehead atoms. The number of fused-ring (bicyclic) bond motifs is 2. The molecule has 3 aromatic rings. The number of aromatic nitrogens is 4. The summed E-state index contributed by atoms with van der Waals surface area (Å²) in [6, 6.07) is 0. The number of ether oxygens (including phenoxy) is 1. The Bertz CT molecular complexity index is 1280. The molecule has 2 N–H and O–H groups in total. The van der Waals surface area contributed by atoms with Gasteiger partial charge in [0, 0.05) is 24.8 Å². The van der Waals surface area contributed by atoms with Gasteiger partial charge in [-0.1, -0.05) is 0 Å². The Morgan fingerprint density at radius 1 is 1.12 bits per heavy atom. The zero-order valence-corrected chi connectivity index (χ0v) is 19.8. The molecule has 34 heavy (non-hydrogen) atoms. The minimum atomic E-state index is -0.0909. The number of rotatable bonds is 7. The first-order chi connectivity index (χ1) is 16.4. The van der Waals surface area contributed by atoms with Crippen LogP contribution in [0.2, 0.25) is 0 Å². The van der Waals surface area contributed by atoms with Gasteiger partial charge in [0.2, 0.25) is 5.71 Å². The van der Waals surface area contributed by atoms with Crippen molar-refractivity contribution < 1.29 is 13.9 Å². The largest absolute Gasteiger partial charge is 0.442 e. The monoisotopic (exact) mass is 463 g/mol. The van der Waals surface area contributed by atoms with Gasteiger partial charge >= 0.3 is 0 Å². The summed E-state index contributed by atoms with van der Waals surface area (Å²) in [4.78, 5) is 33.3. The lowest BCUT2D eigenvalue weighted by Crippen LogP contribution is -2.38. The van der Waals surface area contributed by atoms with E-state index in [1.165, 1.54) is 6.33 Å². The molecule has 2 saturated carbocycles. The predicted molar refractivity (Wildman–Crippen MR) is 126 cm³/mol. The molecule has 2 aliphatic carbocycles. The second kappa shape index (κ2) is 7.63. The van der Waals surface area contributed by atoms with E-state index in [1.54, 1.807) is 13.4 Å². The lowest BCUT2D eigenvalue weighted by molar-refractivity contribution is 0.0731. The van der Waals surface area contributed by atoms with Gasteiger partial charge in [0.1, 0.15) is 30.1 Å². The number of hydrogen-bond donors (Lipinski definition) is 2. The quantitative estimate of drug-likeness (QED) is 0.545. The second-order valence-corrected chi connectivity index (χ2v) is 10.1. The van der Waals surface area contributed by atoms with Gasteiger partial charge in [-0.3, -0.25) is 4.79 Å². The van der Waals surface area contributed by atoms with Crippen molar-refractivity contribution in [3.63, 3.8) is 0 Å². The Balaban J connectivity index is 1.29. The maximum absolute atomic E-state index is 13.8. The van der Waals surface area contributed by atoms with E-state index in [0.29, 0.717) is 54.4 Å². The number of aryl methyl sites for hydroxylation is 1. The number of anilines is 2. The highest BCUT2D eigenvalue weighted by Crippen LogP contribution is 2.41. The van der Waals surface area contributed by atoms with Crippen LogP contribution in [0.4, 0.5) is 11.6 Å². The summed E-state index contributed by atoms with van der Waals surface area (Å²) < 4.78 is 11.3. The third kappa shape index (κ3) is 3.66. The number of methoxy groups -OCH3 is 1. The van der Waals surface area contributed by atoms with Crippen LogP contribution in [0.25, 0.3) is 11.1 Å². The first kappa shape index (κ1) is 21.3. The lowest BCUT2D eigenvalue weighted by Gasteiger charge is -2.30. The zero-order valence-electron chi connectivity index (χ0n) is 19.8. The van der Waals surface area contributed by atoms with Crippen molar-refractivity contribution in [3.8, 4) is 0 Å². The molecule has 1 aliphatic heterocycles. The Morgan fingerprint density at radius 3 is 2.62 bits per heavy atom. The molecule has 3 aliphatic rings. The van der Waals surface area contributed by atoms with Crippen LogP contribution in [0.1, 0.15) is 60.0 Å². The van der Waals surface area contributed by atoms with Gasteiger partial charge in [0.15, 0.2) is 0 Å². The molecule has 0 spiro atoms. The standard InChI is InChI=1S/C24H29N7O3/c1-14-17(18-20(29-23(2)5-6-23)27-13-28-21(18)34-14)22(32)31-9-4-15-16(10-31)25-12-26-19(15)30-24(7-8-24)11-33-3/h12-13H,4-11H2,1-3H3,(H,25,26,30)(H,27,28,29). The van der Waals surface area contributed by atoms with E-state index in [-0.39, 0.29) is 17.0 Å². The van der Waals surface area contributed by atoms with Gasteiger partial charge < -0.3 is 24.7 Å². The topological polar surface area (TPSA) is 118 Å². The first-order valence-electron chi connectivity index (χ1n) is 11.8. The summed E-state index contributed by atoms with van der Waals surface area (Å²) in [6.45, 7) is 5.61. The Morgan fingerprint density at radius 2 is 1.88 bits per heavy atom. The average molecular weight is 464 g/mol. The minimum Gasteiger partial charge on any atom is -0.442 e. The first-order valence-corrected chi connectivity index (χ1v) is 11.8. The fraction of sp³-hybridized carbons (Fsp3) is 0.542. The van der Waals surface area contributed by atoms with Gasteiger partial charge in [-0.25, -0.2) is 19.9 Å². The summed E-state index contributed by atoms with van der Waals surface area (Å²) in [6.07, 6.45) is 8.01. The van der Waals surface area contributed by atoms with Crippen LogP contribution in [0.5, 0.6) is 0 Å². The highest BCUT2D eigenvalue weighted by atomic mass is 16.5. The normalized spacial score (nSPS) is 19.6. The van der Waals surface area contributed by atoms with E-state index in [0.717, 1.165) is 42.8 Å². The van der Waals surface area contributed by atoms with E-state index in [9.17, 15) is 4.79 Å². The number of hydrogen-bond acceptors (Lipinski definition) is 9. The van der Waals surface area contributed by atoms with Gasteiger partial charge in [-0.2, -0.15) is 0 Å². The van der Waals surface area contributed by atoms with Crippen LogP contribution in [-0.4, -0.2) is 62.1 Å². The third-order valence-electron chi connectivity index (χ3n) is 7.25. The highest BCUT2D eigenvalue weighted by Gasteiger charge is 2.44. The summed E-state index contributed by atoms with van der Waals surface area (Å²) in [5.41, 5.74) is 2.89. The van der Waals surface area contributed by atoms with Gasteiger partial charge in [-0.05, 0) is 46.0 Å². The van der Waals surface area contributed by atoms with Crippen LogP contribution >= 0.6 is 0 Å². The molecule has 2 fully saturated rings. The summed E-state index contributed by atoms with van der Waals surface area (Å²) in [7, 11) is 1.72. The van der Waals surface area contributed by atoms with Crippen LogP contribution in [0.15, 0.2) is 17.1 Å². The number of nitrogens with one attached hydrogen (secondary N) is 2. The minimum absolute atomic E-state index is 0.0128. The number of carbonyl (C=O) groups excluding carboxylic acids is 1. The molecule has 10 heteroatoms. The smallest absolute Gasteiger partial charge is 0.258 e. The van der Waals surface area contributed by atoms with Crippen molar-refractivity contribution in [2.24, 2.45) is 0 Å². The zero-order chi connectivity index (χ0) is 23.5. The number of nitrogens with zero attached hydrogens (tertiary/aromatic N) is 5. The molecule has 0 aromatic carbocycles. The SMILES string of the molecule is COCC1(Nc2ncnc3c2CCN(C(=O)c2c(C)oc4ncnc(NC5(C)CC5)c24)C3)CC1. The van der Waals surface area contributed by atoms with Crippen LogP contribution in [0.3, 0.4) is 0 Å². The lowest BCUT2D eigenvalue weighted by atomic mass is 10.0. The number of furan rings is 1. The van der Waals surface area contributed by atoms with E-state index in [1.807, 2.05) is 11.8 Å². The maximum Gasteiger partial charge on any atom is 0.258 e. The molecule has 0 saturated heterocycles. The predicted octanol–water partition coefficient (Wildman–Crippen LogP) is 3.08. The Labute approximate surface area is 197 Å². The van der Waals surface area contributed by atoms with E-state index in [4.69, 9.17) is 9.15 Å². The van der Waals surface area contributed by atoms with Crippen molar-refractivity contribution in [2.45, 2.75) is 63.6 Å². The molecule has 0 unspecified atom stereocenters. The van der Waals surface area contributed by atoms with Crippen molar-refractivity contribution in [1.29, 1.82) is 0 Å². The van der Waals surface area contributed by atoms with Gasteiger partial charge in [-0.15, -0.1) is 0 Å². The van der Waals surface area contributed by atoms with Crippen molar-refractivity contribution in [2.75, 3.05) is 30.9 Å². The molecule has 0 atom stereocenters. The van der Waals surface area contributed by atoms with Crippen molar-refractivity contribution >= 4 is 28.6 Å². The average Bonchev–Trinajstić information content (AvgIpc) is 3.72. The van der Waals surface area contributed by atoms with E-state index in [2.05, 4.69) is 37.5 Å². The molecule has 4 heterocycles. The van der Waals surface area contributed by atoms with Gasteiger partial charge in [0.25, 0.3) is 5.91 Å². The maximum atomic E-state index is 13.8. The number of amides is 1. The number of carbonyl (C=O) groups is 1. The molecule has 0 radical (unpaired) electrons. The van der Waals surface area contributed by atoms with Crippen molar-refractivity contribution in [3.05, 3.63) is 35.2 Å². The molecular formula is C24H29N7O3. The van der Waals surface area contributed by atoms with E-state index >= 15 is 0 Å². The fourth-order valence-corrected chi connectivity index (χ4v) is 4.77. The summed E-state index contributed by atoms with van der Waals surface area (Å²) in [5, 5.41) is 7.72. The third-order valence-corrected chi connectivity index (χ3v) is 7.25. The van der Waals surface area contributed by atoms with Crippen LogP contribution < -0.4 is 10.6 Å². The molecule has 178 valence electrons. The van der Waals surface area contributed by atoms with E-state index < -0.39 is 0 Å². The molecule has 1 amide bonds. The Kier molecular flexibility index (Phi) is 4.77. The molecule has 6 rings (SSSR count). The summed E-state index contributed by atoms with van der Waals surface area (Å²) >= 11 is 0. The molecule has 3 aromatic heterocycles. The fourth-order valence-electron chi connectivity index (χ4n) is 4.77. The second-order valence-electron chi connectivity index (χ2n) is 10.1. The van der Waals surface area contributed by atoms with Crippen molar-refractivity contribution in [1.82, 2.24) is 24.8 Å². The Hall–Kier alpha value is -3.27.